The molecular weight excluding hydrogens is 312 g/mol. The molecule has 1 saturated carbocycles. The molecule has 0 bridgehead atoms. The van der Waals surface area contributed by atoms with Crippen molar-refractivity contribution in [1.29, 1.82) is 0 Å². The molecule has 0 aromatic carbocycles. The lowest BCUT2D eigenvalue weighted by Gasteiger charge is -2.21. The van der Waals surface area contributed by atoms with Gasteiger partial charge in [-0.3, -0.25) is 4.79 Å². The lowest BCUT2D eigenvalue weighted by molar-refractivity contribution is 0.0743. The van der Waals surface area contributed by atoms with Gasteiger partial charge in [0.15, 0.2) is 5.82 Å². The molecule has 3 rings (SSSR count). The van der Waals surface area contributed by atoms with Crippen LogP contribution in [-0.4, -0.2) is 38.7 Å². The van der Waals surface area contributed by atoms with Crippen LogP contribution in [0.3, 0.4) is 0 Å². The van der Waals surface area contributed by atoms with Crippen LogP contribution in [0.1, 0.15) is 54.2 Å². The molecule has 1 aliphatic rings. The number of carbonyl (C=O) groups is 1. The smallest absolute Gasteiger partial charge is 0.256 e. The van der Waals surface area contributed by atoms with Gasteiger partial charge in [-0.15, -0.1) is 11.8 Å². The highest BCUT2D eigenvalue weighted by Crippen LogP contribution is 2.35. The Hall–Kier alpha value is -1.89. The fraction of sp³-hybridized carbons (Fsp3) is 0.500. The van der Waals surface area contributed by atoms with Crippen molar-refractivity contribution in [2.45, 2.75) is 43.7 Å². The third-order valence-electron chi connectivity index (χ3n) is 4.13. The molecule has 7 heteroatoms. The van der Waals surface area contributed by atoms with E-state index in [9.17, 15) is 4.79 Å². The van der Waals surface area contributed by atoms with Crippen LogP contribution in [0.2, 0.25) is 0 Å². The van der Waals surface area contributed by atoms with E-state index in [4.69, 9.17) is 4.52 Å². The van der Waals surface area contributed by atoms with Crippen molar-refractivity contribution in [3.8, 4) is 0 Å². The van der Waals surface area contributed by atoms with Crippen LogP contribution in [0.4, 0.5) is 0 Å². The number of aromatic nitrogens is 3. The summed E-state index contributed by atoms with van der Waals surface area (Å²) >= 11 is 1.47. The van der Waals surface area contributed by atoms with Crippen LogP contribution in [-0.2, 0) is 6.54 Å². The fourth-order valence-electron chi connectivity index (χ4n) is 2.54. The summed E-state index contributed by atoms with van der Waals surface area (Å²) in [4.78, 5) is 23.2. The minimum absolute atomic E-state index is 0.0556. The van der Waals surface area contributed by atoms with E-state index in [0.717, 1.165) is 17.9 Å². The Morgan fingerprint density at radius 3 is 2.96 bits per heavy atom. The Morgan fingerprint density at radius 1 is 1.48 bits per heavy atom. The number of amides is 1. The van der Waals surface area contributed by atoms with Crippen LogP contribution < -0.4 is 0 Å². The van der Waals surface area contributed by atoms with Crippen molar-refractivity contribution in [2.24, 2.45) is 0 Å². The second-order valence-electron chi connectivity index (χ2n) is 5.56. The highest BCUT2D eigenvalue weighted by molar-refractivity contribution is 7.98. The summed E-state index contributed by atoms with van der Waals surface area (Å²) in [6.07, 6.45) is 7.07. The molecule has 0 atom stereocenters. The summed E-state index contributed by atoms with van der Waals surface area (Å²) in [7, 11) is 0. The lowest BCUT2D eigenvalue weighted by Crippen LogP contribution is -2.31. The van der Waals surface area contributed by atoms with Crippen LogP contribution in [0, 0.1) is 0 Å². The fourth-order valence-corrected chi connectivity index (χ4v) is 3.08. The van der Waals surface area contributed by atoms with Crippen molar-refractivity contribution in [3.05, 3.63) is 35.6 Å². The normalized spacial score (nSPS) is 14.5. The summed E-state index contributed by atoms with van der Waals surface area (Å²) in [5.74, 6) is 1.63. The van der Waals surface area contributed by atoms with Gasteiger partial charge in [-0.1, -0.05) is 11.6 Å². The van der Waals surface area contributed by atoms with Gasteiger partial charge in [0.2, 0.25) is 5.89 Å². The number of hydrogen-bond acceptors (Lipinski definition) is 6. The van der Waals surface area contributed by atoms with Gasteiger partial charge >= 0.3 is 0 Å². The first kappa shape index (κ1) is 16.0. The van der Waals surface area contributed by atoms with Gasteiger partial charge in [0.05, 0.1) is 12.1 Å². The van der Waals surface area contributed by atoms with Gasteiger partial charge < -0.3 is 9.42 Å². The number of nitrogens with zero attached hydrogens (tertiary/aromatic N) is 4. The SMILES string of the molecule is CCN(Cc1noc(C2CCC2)n1)C(=O)c1cccnc1SC. The molecule has 0 N–H and O–H groups in total. The highest BCUT2D eigenvalue weighted by Gasteiger charge is 2.26. The average Bonchev–Trinajstić information content (AvgIpc) is 2.98. The highest BCUT2D eigenvalue weighted by atomic mass is 32.2. The van der Waals surface area contributed by atoms with Crippen LogP contribution in [0.15, 0.2) is 27.9 Å². The Morgan fingerprint density at radius 2 is 2.30 bits per heavy atom. The van der Waals surface area contributed by atoms with E-state index in [1.165, 1.54) is 18.2 Å². The molecule has 122 valence electrons. The summed E-state index contributed by atoms with van der Waals surface area (Å²) in [6.45, 7) is 2.88. The molecule has 1 aliphatic carbocycles. The Labute approximate surface area is 139 Å². The summed E-state index contributed by atoms with van der Waals surface area (Å²) in [5, 5.41) is 4.76. The van der Waals surface area contributed by atoms with Crippen molar-refractivity contribution in [1.82, 2.24) is 20.0 Å². The first-order valence-electron chi connectivity index (χ1n) is 7.83. The maximum absolute atomic E-state index is 12.8. The van der Waals surface area contributed by atoms with Gasteiger partial charge in [0, 0.05) is 18.7 Å². The first-order chi connectivity index (χ1) is 11.2. The molecule has 0 spiro atoms. The van der Waals surface area contributed by atoms with Crippen molar-refractivity contribution in [2.75, 3.05) is 12.8 Å². The molecule has 0 aliphatic heterocycles. The first-order valence-corrected chi connectivity index (χ1v) is 9.06. The van der Waals surface area contributed by atoms with Crippen LogP contribution in [0.5, 0.6) is 0 Å². The zero-order valence-corrected chi connectivity index (χ0v) is 14.2. The zero-order valence-electron chi connectivity index (χ0n) is 13.4. The second kappa shape index (κ2) is 7.12. The standard InChI is InChI=1S/C16H20N4O2S/c1-3-20(16(21)12-8-5-9-17-15(12)23-2)10-13-18-14(22-19-13)11-6-4-7-11/h5,8-9,11H,3-4,6-7,10H2,1-2H3. The number of hydrogen-bond donors (Lipinski definition) is 0. The average molecular weight is 332 g/mol. The monoisotopic (exact) mass is 332 g/mol. The predicted molar refractivity (Wildman–Crippen MR) is 87.3 cm³/mol. The van der Waals surface area contributed by atoms with Gasteiger partial charge in [-0.05, 0) is 38.2 Å². The molecule has 1 amide bonds. The van der Waals surface area contributed by atoms with Gasteiger partial charge in [-0.2, -0.15) is 4.98 Å². The molecule has 1 fully saturated rings. The van der Waals surface area contributed by atoms with Crippen molar-refractivity contribution >= 4 is 17.7 Å². The summed E-state index contributed by atoms with van der Waals surface area (Å²) < 4.78 is 5.33. The Bertz CT molecular complexity index is 684. The topological polar surface area (TPSA) is 72.1 Å². The quantitative estimate of drug-likeness (QED) is 0.757. The van der Waals surface area contributed by atoms with E-state index in [-0.39, 0.29) is 5.91 Å². The number of carbonyl (C=O) groups excluding carboxylic acids is 1. The minimum atomic E-state index is -0.0556. The van der Waals surface area contributed by atoms with Gasteiger partial charge in [0.25, 0.3) is 5.91 Å². The molecule has 0 radical (unpaired) electrons. The molecule has 2 aromatic heterocycles. The lowest BCUT2D eigenvalue weighted by atomic mass is 9.85. The van der Waals surface area contributed by atoms with Crippen molar-refractivity contribution in [3.63, 3.8) is 0 Å². The molecule has 0 unspecified atom stereocenters. The van der Waals surface area contributed by atoms with E-state index < -0.39 is 0 Å². The summed E-state index contributed by atoms with van der Waals surface area (Å²) in [6, 6.07) is 3.59. The summed E-state index contributed by atoms with van der Waals surface area (Å²) in [5.41, 5.74) is 0.615. The van der Waals surface area contributed by atoms with E-state index >= 15 is 0 Å². The van der Waals surface area contributed by atoms with E-state index in [0.29, 0.717) is 36.3 Å². The Balaban J connectivity index is 1.74. The number of rotatable bonds is 6. The van der Waals surface area contributed by atoms with E-state index in [2.05, 4.69) is 15.1 Å². The third-order valence-corrected chi connectivity index (χ3v) is 4.85. The molecule has 23 heavy (non-hydrogen) atoms. The van der Waals surface area contributed by atoms with Gasteiger partial charge in [-0.25, -0.2) is 4.98 Å². The number of pyridine rings is 1. The molecular formula is C16H20N4O2S. The number of thioether (sulfide) groups is 1. The maximum atomic E-state index is 12.8. The van der Waals surface area contributed by atoms with Crippen LogP contribution in [0.25, 0.3) is 0 Å². The van der Waals surface area contributed by atoms with Crippen LogP contribution >= 0.6 is 11.8 Å². The third kappa shape index (κ3) is 3.39. The predicted octanol–water partition coefficient (Wildman–Crippen LogP) is 3.12. The van der Waals surface area contributed by atoms with Gasteiger partial charge in [0.1, 0.15) is 5.03 Å². The molecule has 0 saturated heterocycles. The molecule has 6 nitrogen and oxygen atoms in total. The maximum Gasteiger partial charge on any atom is 0.256 e. The largest absolute Gasteiger partial charge is 0.339 e. The molecule has 2 heterocycles. The second-order valence-corrected chi connectivity index (χ2v) is 6.35. The Kier molecular flexibility index (Phi) is 4.95. The van der Waals surface area contributed by atoms with Crippen molar-refractivity contribution < 1.29 is 9.32 Å². The van der Waals surface area contributed by atoms with E-state index in [1.54, 1.807) is 23.2 Å². The van der Waals surface area contributed by atoms with E-state index in [1.807, 2.05) is 13.2 Å². The minimum Gasteiger partial charge on any atom is -0.339 e. The molecule has 2 aromatic rings. The zero-order chi connectivity index (χ0) is 16.2.